The molecule has 1 aliphatic rings. The third-order valence-corrected chi connectivity index (χ3v) is 7.56. The molecule has 0 unspecified atom stereocenters. The summed E-state index contributed by atoms with van der Waals surface area (Å²) < 4.78 is 27.7. The second-order valence-corrected chi connectivity index (χ2v) is 9.52. The van der Waals surface area contributed by atoms with Gasteiger partial charge in [-0.15, -0.1) is 0 Å². The summed E-state index contributed by atoms with van der Waals surface area (Å²) in [6.07, 6.45) is 3.59. The first-order valence-corrected chi connectivity index (χ1v) is 11.2. The Kier molecular flexibility index (Phi) is 5.44. The summed E-state index contributed by atoms with van der Waals surface area (Å²) in [6, 6.07) is 14.4. The Labute approximate surface area is 174 Å². The lowest BCUT2D eigenvalue weighted by Gasteiger charge is -2.31. The molecule has 30 heavy (non-hydrogen) atoms. The maximum absolute atomic E-state index is 13.1. The lowest BCUT2D eigenvalue weighted by atomic mass is 9.91. The number of rotatable bonds is 5. The van der Waals surface area contributed by atoms with Crippen LogP contribution in [0.2, 0.25) is 0 Å². The van der Waals surface area contributed by atoms with Crippen LogP contribution in [0.3, 0.4) is 0 Å². The minimum absolute atomic E-state index is 0.00421. The molecule has 0 bridgehead atoms. The number of carboxylic acid groups (broad SMARTS) is 1. The van der Waals surface area contributed by atoms with Gasteiger partial charge in [0.2, 0.25) is 15.5 Å². The number of hydrogen-bond acceptors (Lipinski definition) is 4. The molecular formula is C22H22N2O5S. The number of nitrogens with one attached hydrogen (secondary N) is 1. The molecule has 3 aromatic rings. The zero-order chi connectivity index (χ0) is 21.3. The molecule has 0 aliphatic carbocycles. The van der Waals surface area contributed by atoms with Gasteiger partial charge < -0.3 is 10.1 Å². The van der Waals surface area contributed by atoms with Crippen LogP contribution in [-0.2, 0) is 16.4 Å². The molecule has 0 spiro atoms. The van der Waals surface area contributed by atoms with Crippen LogP contribution >= 0.6 is 0 Å². The number of sulfonamides is 1. The largest absolute Gasteiger partial charge is 0.477 e. The molecule has 8 heteroatoms. The van der Waals surface area contributed by atoms with Gasteiger partial charge in [-0.05, 0) is 48.9 Å². The number of aromatic nitrogens is 1. The van der Waals surface area contributed by atoms with Crippen molar-refractivity contribution in [2.45, 2.75) is 24.2 Å². The molecule has 0 saturated carbocycles. The Morgan fingerprint density at radius 3 is 2.47 bits per heavy atom. The van der Waals surface area contributed by atoms with Gasteiger partial charge in [0.15, 0.2) is 0 Å². The molecule has 0 atom stereocenters. The quantitative estimate of drug-likeness (QED) is 0.652. The van der Waals surface area contributed by atoms with E-state index in [1.807, 2.05) is 18.2 Å². The fourth-order valence-electron chi connectivity index (χ4n) is 3.97. The topological polar surface area (TPSA) is 108 Å². The monoisotopic (exact) mass is 426 g/mol. The van der Waals surface area contributed by atoms with E-state index in [4.69, 9.17) is 5.11 Å². The maximum atomic E-state index is 13.1. The SMILES string of the molecule is O=C(O)c1c[nH]c2ccc(S(=O)(=O)N3CCC(Cc4ccccc4)CC3)cc2c1=O. The van der Waals surface area contributed by atoms with Crippen molar-refractivity contribution in [3.63, 3.8) is 0 Å². The Morgan fingerprint density at radius 1 is 1.10 bits per heavy atom. The van der Waals surface area contributed by atoms with Crippen LogP contribution in [0.4, 0.5) is 0 Å². The van der Waals surface area contributed by atoms with Gasteiger partial charge in [-0.3, -0.25) is 4.79 Å². The minimum atomic E-state index is -3.77. The molecule has 4 rings (SSSR count). The van der Waals surface area contributed by atoms with Crippen LogP contribution in [0.1, 0.15) is 28.8 Å². The van der Waals surface area contributed by atoms with Crippen molar-refractivity contribution in [2.75, 3.05) is 13.1 Å². The maximum Gasteiger partial charge on any atom is 0.341 e. The van der Waals surface area contributed by atoms with Crippen molar-refractivity contribution >= 4 is 26.9 Å². The Bertz CT molecular complexity index is 1240. The van der Waals surface area contributed by atoms with Crippen molar-refractivity contribution < 1.29 is 18.3 Å². The van der Waals surface area contributed by atoms with E-state index in [2.05, 4.69) is 17.1 Å². The summed E-state index contributed by atoms with van der Waals surface area (Å²) in [5.41, 5.74) is 0.529. The number of nitrogens with zero attached hydrogens (tertiary/aromatic N) is 1. The highest BCUT2D eigenvalue weighted by Gasteiger charge is 2.30. The molecule has 0 radical (unpaired) electrons. The van der Waals surface area contributed by atoms with Gasteiger partial charge in [0.1, 0.15) is 5.56 Å². The molecular weight excluding hydrogens is 404 g/mol. The summed E-state index contributed by atoms with van der Waals surface area (Å²) in [5.74, 6) is -0.927. The number of carboxylic acids is 1. The summed E-state index contributed by atoms with van der Waals surface area (Å²) in [4.78, 5) is 26.4. The third-order valence-electron chi connectivity index (χ3n) is 5.66. The number of aromatic amines is 1. The zero-order valence-corrected chi connectivity index (χ0v) is 17.1. The van der Waals surface area contributed by atoms with Gasteiger partial charge in [-0.2, -0.15) is 4.31 Å². The number of hydrogen-bond donors (Lipinski definition) is 2. The average molecular weight is 426 g/mol. The van der Waals surface area contributed by atoms with Crippen LogP contribution in [0.25, 0.3) is 10.9 Å². The molecule has 1 fully saturated rings. The fourth-order valence-corrected chi connectivity index (χ4v) is 5.46. The van der Waals surface area contributed by atoms with Crippen LogP contribution in [0.15, 0.2) is 64.4 Å². The van der Waals surface area contributed by atoms with Crippen LogP contribution < -0.4 is 5.43 Å². The Hall–Kier alpha value is -2.97. The van der Waals surface area contributed by atoms with Crippen molar-refractivity contribution in [1.29, 1.82) is 0 Å². The summed E-state index contributed by atoms with van der Waals surface area (Å²) in [6.45, 7) is 0.840. The number of carbonyl (C=O) groups is 1. The van der Waals surface area contributed by atoms with Crippen LogP contribution in [0.5, 0.6) is 0 Å². The highest BCUT2D eigenvalue weighted by molar-refractivity contribution is 7.89. The molecule has 2 heterocycles. The van der Waals surface area contributed by atoms with E-state index in [0.717, 1.165) is 25.5 Å². The predicted molar refractivity (Wildman–Crippen MR) is 113 cm³/mol. The van der Waals surface area contributed by atoms with Crippen molar-refractivity contribution in [3.05, 3.63) is 76.1 Å². The van der Waals surface area contributed by atoms with E-state index in [1.165, 1.54) is 28.1 Å². The number of fused-ring (bicyclic) bond motifs is 1. The Balaban J connectivity index is 1.55. The van der Waals surface area contributed by atoms with Gasteiger partial charge in [0.25, 0.3) is 0 Å². The minimum Gasteiger partial charge on any atom is -0.477 e. The number of pyridine rings is 1. The van der Waals surface area contributed by atoms with E-state index in [0.29, 0.717) is 24.5 Å². The summed E-state index contributed by atoms with van der Waals surface area (Å²) in [5, 5.41) is 9.19. The highest BCUT2D eigenvalue weighted by atomic mass is 32.2. The zero-order valence-electron chi connectivity index (χ0n) is 16.2. The van der Waals surface area contributed by atoms with Gasteiger partial charge in [-0.1, -0.05) is 30.3 Å². The molecule has 2 aromatic carbocycles. The van der Waals surface area contributed by atoms with Crippen molar-refractivity contribution in [2.24, 2.45) is 5.92 Å². The second-order valence-electron chi connectivity index (χ2n) is 7.58. The normalized spacial score (nSPS) is 16.0. The molecule has 0 amide bonds. The lowest BCUT2D eigenvalue weighted by Crippen LogP contribution is -2.38. The lowest BCUT2D eigenvalue weighted by molar-refractivity contribution is 0.0695. The third kappa shape index (κ3) is 3.88. The molecule has 156 valence electrons. The van der Waals surface area contributed by atoms with Gasteiger partial charge in [0.05, 0.1) is 4.90 Å². The molecule has 1 aliphatic heterocycles. The smallest absolute Gasteiger partial charge is 0.341 e. The standard InChI is InChI=1S/C22H22N2O5S/c25-21-18-13-17(6-7-20(18)23-14-19(21)22(26)27)30(28,29)24-10-8-16(9-11-24)12-15-4-2-1-3-5-15/h1-7,13-14,16H,8-12H2,(H,23,25)(H,26,27). The van der Waals surface area contributed by atoms with Gasteiger partial charge in [-0.25, -0.2) is 13.2 Å². The molecule has 2 N–H and O–H groups in total. The van der Waals surface area contributed by atoms with E-state index in [1.54, 1.807) is 0 Å². The van der Waals surface area contributed by atoms with Crippen molar-refractivity contribution in [3.8, 4) is 0 Å². The number of benzene rings is 2. The predicted octanol–water partition coefficient (Wildman–Crippen LogP) is 2.87. The van der Waals surface area contributed by atoms with E-state index in [-0.39, 0.29) is 10.3 Å². The van der Waals surface area contributed by atoms with Gasteiger partial charge >= 0.3 is 5.97 Å². The fraction of sp³-hybridized carbons (Fsp3) is 0.273. The molecule has 1 aromatic heterocycles. The van der Waals surface area contributed by atoms with Gasteiger partial charge in [0, 0.05) is 30.2 Å². The summed E-state index contributed by atoms with van der Waals surface area (Å²) in [7, 11) is -3.77. The number of aromatic carboxylic acids is 1. The van der Waals surface area contributed by atoms with E-state index < -0.39 is 27.0 Å². The summed E-state index contributed by atoms with van der Waals surface area (Å²) >= 11 is 0. The van der Waals surface area contributed by atoms with E-state index >= 15 is 0 Å². The van der Waals surface area contributed by atoms with Crippen LogP contribution in [0, 0.1) is 5.92 Å². The first-order valence-electron chi connectivity index (χ1n) is 9.79. The molecule has 7 nitrogen and oxygen atoms in total. The second kappa shape index (κ2) is 8.04. The highest BCUT2D eigenvalue weighted by Crippen LogP contribution is 2.27. The first-order chi connectivity index (χ1) is 14.4. The van der Waals surface area contributed by atoms with Crippen LogP contribution in [-0.4, -0.2) is 41.9 Å². The average Bonchev–Trinajstić information content (AvgIpc) is 2.75. The molecule has 1 saturated heterocycles. The van der Waals surface area contributed by atoms with E-state index in [9.17, 15) is 18.0 Å². The number of piperidine rings is 1. The Morgan fingerprint density at radius 2 is 1.80 bits per heavy atom. The first kappa shape index (κ1) is 20.3. The van der Waals surface area contributed by atoms with Crippen molar-refractivity contribution in [1.82, 2.24) is 9.29 Å². The number of H-pyrrole nitrogens is 1.